The van der Waals surface area contributed by atoms with E-state index in [1.54, 1.807) is 77.2 Å². The summed E-state index contributed by atoms with van der Waals surface area (Å²) in [7, 11) is 13.2. The molecule has 4 aliphatic heterocycles. The minimum Gasteiger partial charge on any atom is -0.495 e. The highest BCUT2D eigenvalue weighted by molar-refractivity contribution is 6.43. The molecule has 0 spiro atoms. The second kappa shape index (κ2) is 42.9. The van der Waals surface area contributed by atoms with Gasteiger partial charge in [-0.2, -0.15) is 15.0 Å². The van der Waals surface area contributed by atoms with Crippen LogP contribution in [0.2, 0.25) is 30.1 Å². The molecule has 0 radical (unpaired) electrons. The van der Waals surface area contributed by atoms with Gasteiger partial charge in [0, 0.05) is 243 Å². The number of hydrogen-bond donors (Lipinski definition) is 3. The molecule has 10 aromatic heterocycles. The van der Waals surface area contributed by atoms with Crippen molar-refractivity contribution < 1.29 is 47.2 Å². The first-order valence-electron chi connectivity index (χ1n) is 43.3. The van der Waals surface area contributed by atoms with Gasteiger partial charge in [-0.25, -0.2) is 34.9 Å². The van der Waals surface area contributed by atoms with Gasteiger partial charge in [0.15, 0.2) is 16.9 Å². The van der Waals surface area contributed by atoms with Crippen LogP contribution >= 0.6 is 69.6 Å². The first-order valence-corrected chi connectivity index (χ1v) is 45.6. The van der Waals surface area contributed by atoms with Gasteiger partial charge >= 0.3 is 0 Å². The lowest BCUT2D eigenvalue weighted by Gasteiger charge is -2.34. The molecule has 3 amide bonds. The van der Waals surface area contributed by atoms with Crippen LogP contribution in [0.4, 0.5) is 17.8 Å². The average molecular weight is 1920 g/mol. The van der Waals surface area contributed by atoms with Crippen LogP contribution < -0.4 is 44.4 Å². The van der Waals surface area contributed by atoms with Crippen LogP contribution in [0.25, 0.3) is 95.0 Å². The largest absolute Gasteiger partial charge is 0.495 e. The van der Waals surface area contributed by atoms with Crippen molar-refractivity contribution in [3.8, 4) is 79.5 Å². The molecule has 34 nitrogen and oxygen atoms in total. The summed E-state index contributed by atoms with van der Waals surface area (Å²) in [5.41, 5.74) is 10.7. The molecule has 0 bridgehead atoms. The van der Waals surface area contributed by atoms with E-state index in [0.29, 0.717) is 191 Å². The predicted molar refractivity (Wildman–Crippen MR) is 517 cm³/mol. The fourth-order valence-electron chi connectivity index (χ4n) is 16.7. The van der Waals surface area contributed by atoms with Crippen molar-refractivity contribution in [1.82, 2.24) is 102 Å². The quantitative estimate of drug-likeness (QED) is 0.0352. The molecule has 0 aliphatic carbocycles. The number of piperazine rings is 4. The van der Waals surface area contributed by atoms with E-state index in [1.807, 2.05) is 72.9 Å². The Morgan fingerprint density at radius 2 is 0.765 bits per heavy atom. The van der Waals surface area contributed by atoms with Crippen LogP contribution in [0, 0.1) is 0 Å². The Labute approximate surface area is 793 Å². The van der Waals surface area contributed by atoms with Crippen molar-refractivity contribution in [2.45, 2.75) is 39.2 Å². The number of fused-ring (bicyclic) bond motifs is 9. The number of oxazole rings is 1. The van der Waals surface area contributed by atoms with Crippen molar-refractivity contribution in [3.63, 3.8) is 0 Å². The number of likely N-dealkylation sites (N-methyl/N-ethyl adjacent to an activating group) is 1. The highest BCUT2D eigenvalue weighted by atomic mass is 35.5. The minimum atomic E-state index is -0.0517. The molecule has 0 saturated carbocycles. The van der Waals surface area contributed by atoms with Crippen molar-refractivity contribution in [2.75, 3.05) is 210 Å². The van der Waals surface area contributed by atoms with Crippen LogP contribution in [0.15, 0.2) is 122 Å². The van der Waals surface area contributed by atoms with Crippen molar-refractivity contribution in [1.29, 1.82) is 0 Å². The molecule has 13 aromatic rings. The number of amides is 3. The van der Waals surface area contributed by atoms with Gasteiger partial charge in [-0.05, 0) is 89.2 Å². The lowest BCUT2D eigenvalue weighted by molar-refractivity contribution is -0.128. The van der Waals surface area contributed by atoms with Crippen LogP contribution in [0.3, 0.4) is 0 Å². The Balaban J connectivity index is 0.000000152. The maximum absolute atomic E-state index is 12.0. The van der Waals surface area contributed by atoms with Crippen LogP contribution in [-0.2, 0) is 33.8 Å². The number of hydrogen-bond acceptors (Lipinski definition) is 28. The number of aryl methyl sites for hydroxylation is 2. The van der Waals surface area contributed by atoms with Gasteiger partial charge in [-0.3, -0.25) is 47.2 Å². The zero-order chi connectivity index (χ0) is 93.1. The number of carbonyl (C=O) groups excluding carboxylic acids is 3. The second-order valence-corrected chi connectivity index (χ2v) is 34.1. The number of nitrogens with zero attached hydrogens (tertiary/aromatic N) is 21. The Morgan fingerprint density at radius 3 is 1.14 bits per heavy atom. The van der Waals surface area contributed by atoms with Crippen molar-refractivity contribution in [2.24, 2.45) is 0 Å². The van der Waals surface area contributed by atoms with Gasteiger partial charge in [0.05, 0.1) is 89.9 Å². The number of aromatic nitrogens is 13. The Kier molecular flexibility index (Phi) is 30.9. The first-order chi connectivity index (χ1) is 64.0. The first kappa shape index (κ1) is 95.0. The number of rotatable bonds is 30. The highest BCUT2D eigenvalue weighted by Crippen LogP contribution is 2.51. The summed E-state index contributed by atoms with van der Waals surface area (Å²) in [6, 6.07) is 10.8. The molecular weight excluding hydrogens is 1810 g/mol. The number of carbonyl (C=O) groups is 3. The zero-order valence-corrected chi connectivity index (χ0v) is 79.5. The molecule has 3 N–H and O–H groups in total. The summed E-state index contributed by atoms with van der Waals surface area (Å²) in [4.78, 5) is 101. The lowest BCUT2D eigenvalue weighted by Crippen LogP contribution is -2.48. The Bertz CT molecular complexity index is 6370. The number of halogens is 6. The molecule has 14 heterocycles. The number of imidazole rings is 3. The maximum Gasteiger partial charge on any atom is 0.246 e. The van der Waals surface area contributed by atoms with Gasteiger partial charge in [0.2, 0.25) is 41.5 Å². The summed E-state index contributed by atoms with van der Waals surface area (Å²) < 4.78 is 44.9. The van der Waals surface area contributed by atoms with Crippen LogP contribution in [-0.4, -0.2) is 314 Å². The van der Waals surface area contributed by atoms with E-state index in [9.17, 15) is 14.4 Å². The summed E-state index contributed by atoms with van der Waals surface area (Å²) in [6.45, 7) is 30.8. The van der Waals surface area contributed by atoms with Gasteiger partial charge < -0.3 is 68.4 Å². The Hall–Kier alpha value is -11.7. The Morgan fingerprint density at radius 1 is 0.417 bits per heavy atom. The van der Waals surface area contributed by atoms with Gasteiger partial charge in [0.25, 0.3) is 0 Å². The monoisotopic (exact) mass is 1910 g/mol. The van der Waals surface area contributed by atoms with Crippen LogP contribution in [0.1, 0.15) is 36.8 Å². The molecule has 4 aliphatic rings. The maximum atomic E-state index is 12.0. The molecule has 4 saturated heterocycles. The number of methoxy groups -OCH3 is 6. The summed E-state index contributed by atoms with van der Waals surface area (Å²) in [5, 5.41) is 14.0. The minimum absolute atomic E-state index is 0.00607. The second-order valence-electron chi connectivity index (χ2n) is 31.9. The summed E-state index contributed by atoms with van der Waals surface area (Å²) in [5.74, 6) is 4.42. The number of anilines is 3. The third-order valence-electron chi connectivity index (χ3n) is 23.9. The van der Waals surface area contributed by atoms with E-state index in [1.165, 1.54) is 32.4 Å². The van der Waals surface area contributed by atoms with E-state index in [-0.39, 0.29) is 17.7 Å². The normalized spacial score (nSPS) is 14.9. The average Bonchev–Trinajstić information content (AvgIpc) is 1.54. The van der Waals surface area contributed by atoms with Gasteiger partial charge in [-0.1, -0.05) is 89.3 Å². The smallest absolute Gasteiger partial charge is 0.246 e. The number of ether oxygens (including phenoxy) is 6. The van der Waals surface area contributed by atoms with E-state index >= 15 is 0 Å². The molecular formula is C92H104Cl6N24O10. The fraction of sp³-hybridized carbons (Fsp3) is 0.380. The molecule has 694 valence electrons. The SMILES string of the molecule is C=CC(=O)N1CCN(CCCc2cn3c(n2)c(-c2c(Cl)c(OC)cc(OC)c2Cl)cc2cnc(NCC)nc23)CC1.C=CC(=O)N1CCN(CCCc2cn3c(n2)c(-c2c(Cl)c(OC)cc(OC)c2Cl)cc2cnc(NCCN4CCN(C)CC4)nc23)CC1.C=CC(=O)N1CCN(Cc2coc(-c3cn4c(n3)c(-c3c(Cl)c(OC)cc(OC)c3Cl)cc3cnc(NC)nc34)n2)CC1. The summed E-state index contributed by atoms with van der Waals surface area (Å²) in [6.07, 6.45) is 20.3. The molecule has 3 aromatic carbocycles. The van der Waals surface area contributed by atoms with Crippen molar-refractivity contribution in [3.05, 3.63) is 165 Å². The lowest BCUT2D eigenvalue weighted by atomic mass is 10.0. The zero-order valence-electron chi connectivity index (χ0n) is 75.0. The van der Waals surface area contributed by atoms with E-state index < -0.39 is 0 Å². The third-order valence-corrected chi connectivity index (χ3v) is 26.1. The van der Waals surface area contributed by atoms with Crippen molar-refractivity contribution >= 4 is 155 Å². The molecule has 40 heteroatoms. The highest BCUT2D eigenvalue weighted by Gasteiger charge is 2.31. The molecule has 0 atom stereocenters. The molecule has 4 fully saturated rings. The summed E-state index contributed by atoms with van der Waals surface area (Å²) >= 11 is 41.1. The van der Waals surface area contributed by atoms with E-state index in [2.05, 4.69) is 87.2 Å². The number of nitrogens with one attached hydrogen (secondary N) is 3. The molecule has 17 rings (SSSR count). The molecule has 0 unspecified atom stereocenters. The van der Waals surface area contributed by atoms with E-state index in [4.69, 9.17) is 132 Å². The number of pyridine rings is 3. The number of benzene rings is 3. The predicted octanol–water partition coefficient (Wildman–Crippen LogP) is 13.9. The third kappa shape index (κ3) is 20.6. The molecule has 132 heavy (non-hydrogen) atoms. The van der Waals surface area contributed by atoms with E-state index in [0.717, 1.165) is 173 Å². The topological polar surface area (TPSA) is 324 Å². The fourth-order valence-corrected chi connectivity index (χ4v) is 18.8. The van der Waals surface area contributed by atoms with Gasteiger partial charge in [0.1, 0.15) is 63.4 Å². The standard InChI is InChI=1S/C34H43Cl2N9O3.C29H28Cl2N8O4.C29H33Cl2N7O3/c1-5-28(46)44-17-15-42(16-18-44)9-6-7-24-22-45-32-23(21-38-34(40-32)37-8-10-43-13-11-41(2)12-14-43)19-25(33(45)39-24)29-30(35)26(47-3)20-27(48-4)31(29)36;1-5-22(40)38-8-6-37(7-9-38)13-17-15-43-28(34-17)19-14-39-26-16(12-33-29(32-2)36-26)10-18(27(39)35-19)23-24(30)20(41-3)11-21(42-4)25(23)31;1-5-23(39)37-12-10-36(11-13-37)9-7-8-19-17-38-27-18(16-33-29(35-27)32-6-2)14-20(28(38)34-19)24-25(30)21(40-3)15-22(41-4)26(24)31/h5,19-22H,1,6-18H2,2-4H3,(H,37,38,40);5,10-12,14-15H,1,6-9,13H2,2-4H3,(H,32,33,36);5,14-17H,1,6-13H2,2-4H3,(H,32,33,35). The van der Waals surface area contributed by atoms with Crippen LogP contribution in [0.5, 0.6) is 34.5 Å². The van der Waals surface area contributed by atoms with Gasteiger partial charge in [-0.15, -0.1) is 0 Å².